The highest BCUT2D eigenvalue weighted by Crippen LogP contribution is 2.31. The Labute approximate surface area is 135 Å². The van der Waals surface area contributed by atoms with Crippen LogP contribution in [-0.2, 0) is 19.1 Å². The Morgan fingerprint density at radius 1 is 1.26 bits per heavy atom. The fraction of sp³-hybridized carbons (Fsp3) is 0.333. The van der Waals surface area contributed by atoms with Crippen molar-refractivity contribution in [2.24, 2.45) is 0 Å². The van der Waals surface area contributed by atoms with Gasteiger partial charge in [0.15, 0.2) is 0 Å². The number of alkyl halides is 3. The SMILES string of the molecule is Cc1csc(CNC(=O)NCCc2ccccc2C(F)(F)F)n1. The van der Waals surface area contributed by atoms with Crippen molar-refractivity contribution in [1.82, 2.24) is 15.6 Å². The van der Waals surface area contributed by atoms with Gasteiger partial charge in [-0.1, -0.05) is 18.2 Å². The van der Waals surface area contributed by atoms with Crippen LogP contribution in [0.5, 0.6) is 0 Å². The normalized spacial score (nSPS) is 11.3. The molecular weight excluding hydrogens is 327 g/mol. The number of nitrogens with zero attached hydrogens (tertiary/aromatic N) is 1. The minimum Gasteiger partial charge on any atom is -0.338 e. The van der Waals surface area contributed by atoms with Crippen molar-refractivity contribution in [3.8, 4) is 0 Å². The largest absolute Gasteiger partial charge is 0.416 e. The summed E-state index contributed by atoms with van der Waals surface area (Å²) in [5.74, 6) is 0. The lowest BCUT2D eigenvalue weighted by atomic mass is 10.0. The zero-order chi connectivity index (χ0) is 16.9. The van der Waals surface area contributed by atoms with Crippen molar-refractivity contribution < 1.29 is 18.0 Å². The van der Waals surface area contributed by atoms with Crippen molar-refractivity contribution in [2.75, 3.05) is 6.54 Å². The van der Waals surface area contributed by atoms with Crippen LogP contribution in [-0.4, -0.2) is 17.6 Å². The molecule has 0 spiro atoms. The van der Waals surface area contributed by atoms with Gasteiger partial charge >= 0.3 is 12.2 Å². The molecule has 2 rings (SSSR count). The number of aromatic nitrogens is 1. The molecule has 0 bridgehead atoms. The third-order valence-electron chi connectivity index (χ3n) is 3.07. The Balaban J connectivity index is 1.80. The van der Waals surface area contributed by atoms with Crippen molar-refractivity contribution in [1.29, 1.82) is 0 Å². The second kappa shape index (κ2) is 7.45. The van der Waals surface area contributed by atoms with Gasteiger partial charge in [-0.15, -0.1) is 11.3 Å². The number of rotatable bonds is 5. The van der Waals surface area contributed by atoms with E-state index < -0.39 is 17.8 Å². The van der Waals surface area contributed by atoms with E-state index in [-0.39, 0.29) is 18.5 Å². The minimum atomic E-state index is -4.39. The monoisotopic (exact) mass is 343 g/mol. The molecule has 1 aromatic carbocycles. The summed E-state index contributed by atoms with van der Waals surface area (Å²) in [4.78, 5) is 15.8. The molecule has 0 unspecified atom stereocenters. The van der Waals surface area contributed by atoms with Gasteiger partial charge in [-0.05, 0) is 25.0 Å². The molecule has 0 aliphatic rings. The van der Waals surface area contributed by atoms with Crippen LogP contribution in [0.2, 0.25) is 0 Å². The molecule has 2 amide bonds. The summed E-state index contributed by atoms with van der Waals surface area (Å²) in [6.07, 6.45) is -4.28. The number of aryl methyl sites for hydroxylation is 1. The first-order valence-corrected chi connectivity index (χ1v) is 7.82. The Bertz CT molecular complexity index is 670. The van der Waals surface area contributed by atoms with E-state index in [1.807, 2.05) is 12.3 Å². The standard InChI is InChI=1S/C15H16F3N3OS/c1-10-9-23-13(21-10)8-20-14(22)19-7-6-11-4-2-3-5-12(11)15(16,17)18/h2-5,9H,6-8H2,1H3,(H2,19,20,22). The Morgan fingerprint density at radius 3 is 2.65 bits per heavy atom. The van der Waals surface area contributed by atoms with Crippen LogP contribution >= 0.6 is 11.3 Å². The lowest BCUT2D eigenvalue weighted by Crippen LogP contribution is -2.36. The molecule has 23 heavy (non-hydrogen) atoms. The summed E-state index contributed by atoms with van der Waals surface area (Å²) in [5.41, 5.74) is 0.382. The van der Waals surface area contributed by atoms with Gasteiger partial charge in [0.05, 0.1) is 12.1 Å². The van der Waals surface area contributed by atoms with E-state index in [4.69, 9.17) is 0 Å². The highest BCUT2D eigenvalue weighted by molar-refractivity contribution is 7.09. The summed E-state index contributed by atoms with van der Waals surface area (Å²) in [5, 5.41) is 7.82. The van der Waals surface area contributed by atoms with Gasteiger partial charge in [-0.3, -0.25) is 0 Å². The van der Waals surface area contributed by atoms with Crippen molar-refractivity contribution >= 4 is 17.4 Å². The topological polar surface area (TPSA) is 54.0 Å². The smallest absolute Gasteiger partial charge is 0.338 e. The highest BCUT2D eigenvalue weighted by atomic mass is 32.1. The summed E-state index contributed by atoms with van der Waals surface area (Å²) in [6.45, 7) is 2.28. The van der Waals surface area contributed by atoms with Crippen LogP contribution in [0.4, 0.5) is 18.0 Å². The first-order chi connectivity index (χ1) is 10.9. The Hall–Kier alpha value is -2.09. The number of carbonyl (C=O) groups is 1. The number of carbonyl (C=O) groups excluding carboxylic acids is 1. The second-order valence-corrected chi connectivity index (χ2v) is 5.84. The quantitative estimate of drug-likeness (QED) is 0.873. The van der Waals surface area contributed by atoms with E-state index in [1.54, 1.807) is 6.07 Å². The summed E-state index contributed by atoms with van der Waals surface area (Å²) < 4.78 is 38.5. The summed E-state index contributed by atoms with van der Waals surface area (Å²) in [6, 6.07) is 4.93. The van der Waals surface area contributed by atoms with Crippen LogP contribution in [0.25, 0.3) is 0 Å². The molecule has 124 valence electrons. The molecule has 0 saturated heterocycles. The number of hydrogen-bond donors (Lipinski definition) is 2. The number of nitrogens with one attached hydrogen (secondary N) is 2. The van der Waals surface area contributed by atoms with Crippen molar-refractivity contribution in [2.45, 2.75) is 26.1 Å². The zero-order valence-electron chi connectivity index (χ0n) is 12.4. The summed E-state index contributed by atoms with van der Waals surface area (Å²) >= 11 is 1.44. The molecule has 0 aliphatic carbocycles. The highest BCUT2D eigenvalue weighted by Gasteiger charge is 2.32. The van der Waals surface area contributed by atoms with E-state index in [0.717, 1.165) is 16.8 Å². The van der Waals surface area contributed by atoms with Gasteiger partial charge in [0, 0.05) is 17.6 Å². The van der Waals surface area contributed by atoms with E-state index in [9.17, 15) is 18.0 Å². The first-order valence-electron chi connectivity index (χ1n) is 6.94. The number of hydrogen-bond acceptors (Lipinski definition) is 3. The van der Waals surface area contributed by atoms with Crippen LogP contribution in [0.3, 0.4) is 0 Å². The average molecular weight is 343 g/mol. The number of urea groups is 1. The molecule has 2 aromatic rings. The van der Waals surface area contributed by atoms with Crippen molar-refractivity contribution in [3.05, 3.63) is 51.5 Å². The third-order valence-corrected chi connectivity index (χ3v) is 4.04. The van der Waals surface area contributed by atoms with Crippen LogP contribution in [0.15, 0.2) is 29.6 Å². The fourth-order valence-electron chi connectivity index (χ4n) is 2.03. The molecule has 0 fully saturated rings. The number of thiazole rings is 1. The van der Waals surface area contributed by atoms with E-state index in [2.05, 4.69) is 15.6 Å². The van der Waals surface area contributed by atoms with Crippen molar-refractivity contribution in [3.63, 3.8) is 0 Å². The van der Waals surface area contributed by atoms with Crippen LogP contribution in [0, 0.1) is 6.92 Å². The van der Waals surface area contributed by atoms with Gasteiger partial charge in [-0.25, -0.2) is 9.78 Å². The number of amides is 2. The van der Waals surface area contributed by atoms with Crippen LogP contribution < -0.4 is 10.6 Å². The predicted octanol–water partition coefficient (Wildman–Crippen LogP) is 3.51. The van der Waals surface area contributed by atoms with Crippen LogP contribution in [0.1, 0.15) is 21.8 Å². The molecule has 2 N–H and O–H groups in total. The molecule has 0 atom stereocenters. The maximum atomic E-state index is 12.8. The maximum absolute atomic E-state index is 12.8. The minimum absolute atomic E-state index is 0.111. The average Bonchev–Trinajstić information content (AvgIpc) is 2.90. The lowest BCUT2D eigenvalue weighted by molar-refractivity contribution is -0.138. The number of halogens is 3. The van der Waals surface area contributed by atoms with E-state index in [1.165, 1.54) is 23.5 Å². The maximum Gasteiger partial charge on any atom is 0.416 e. The van der Waals surface area contributed by atoms with Gasteiger partial charge < -0.3 is 10.6 Å². The molecular formula is C15H16F3N3OS. The van der Waals surface area contributed by atoms with E-state index in [0.29, 0.717) is 6.54 Å². The van der Waals surface area contributed by atoms with Gasteiger partial charge in [-0.2, -0.15) is 13.2 Å². The molecule has 0 aliphatic heterocycles. The first kappa shape index (κ1) is 17.3. The fourth-order valence-corrected chi connectivity index (χ4v) is 2.74. The predicted molar refractivity (Wildman–Crippen MR) is 82.2 cm³/mol. The molecule has 4 nitrogen and oxygen atoms in total. The Kier molecular flexibility index (Phi) is 5.59. The van der Waals surface area contributed by atoms with Gasteiger partial charge in [0.25, 0.3) is 0 Å². The molecule has 8 heteroatoms. The molecule has 0 radical (unpaired) electrons. The number of benzene rings is 1. The Morgan fingerprint density at radius 2 is 2.00 bits per heavy atom. The lowest BCUT2D eigenvalue weighted by Gasteiger charge is -2.13. The molecule has 1 aromatic heterocycles. The second-order valence-electron chi connectivity index (χ2n) is 4.90. The third kappa shape index (κ3) is 5.24. The molecule has 1 heterocycles. The summed E-state index contributed by atoms with van der Waals surface area (Å²) in [7, 11) is 0. The zero-order valence-corrected chi connectivity index (χ0v) is 13.2. The van der Waals surface area contributed by atoms with Gasteiger partial charge in [0.2, 0.25) is 0 Å². The van der Waals surface area contributed by atoms with E-state index >= 15 is 0 Å². The molecule has 0 saturated carbocycles. The van der Waals surface area contributed by atoms with Gasteiger partial charge in [0.1, 0.15) is 5.01 Å².